The number of nitrogens with zero attached hydrogens (tertiary/aromatic N) is 4. The molecule has 1 amide bonds. The van der Waals surface area contributed by atoms with Gasteiger partial charge < -0.3 is 4.74 Å². The lowest BCUT2D eigenvalue weighted by molar-refractivity contribution is 0.0286. The molecule has 0 saturated heterocycles. The van der Waals surface area contributed by atoms with E-state index in [0.717, 1.165) is 5.56 Å². The van der Waals surface area contributed by atoms with Gasteiger partial charge in [-0.1, -0.05) is 41.9 Å². The normalized spacial score (nSPS) is 14.3. The molecule has 0 N–H and O–H groups in total. The largest absolute Gasteiger partial charge is 0.443 e. The van der Waals surface area contributed by atoms with Crippen molar-refractivity contribution in [2.24, 2.45) is 0 Å². The van der Waals surface area contributed by atoms with E-state index in [-0.39, 0.29) is 6.67 Å². The number of hydrogen-bond acceptors (Lipinski definition) is 4. The Morgan fingerprint density at radius 2 is 1.83 bits per heavy atom. The van der Waals surface area contributed by atoms with Crippen LogP contribution < -0.4 is 0 Å². The number of carbonyl (C=O) groups excluding carboxylic acids is 1. The molecule has 6 nitrogen and oxygen atoms in total. The molecule has 1 aromatic heterocycles. The first-order chi connectivity index (χ1) is 10.8. The van der Waals surface area contributed by atoms with Crippen LogP contribution in [-0.4, -0.2) is 31.4 Å². The Bertz CT molecular complexity index is 762. The van der Waals surface area contributed by atoms with Crippen molar-refractivity contribution in [1.29, 1.82) is 0 Å². The summed E-state index contributed by atoms with van der Waals surface area (Å²) in [5.74, 6) is 1.19. The quantitative estimate of drug-likeness (QED) is 0.799. The molecule has 3 rings (SSSR count). The average molecular weight is 333 g/mol. The number of benzene rings is 1. The molecule has 0 bridgehead atoms. The van der Waals surface area contributed by atoms with E-state index in [0.29, 0.717) is 16.7 Å². The maximum absolute atomic E-state index is 12.3. The van der Waals surface area contributed by atoms with Crippen LogP contribution in [0.2, 0.25) is 0 Å². The monoisotopic (exact) mass is 332 g/mol. The van der Waals surface area contributed by atoms with Gasteiger partial charge in [0, 0.05) is 11.8 Å². The molecule has 2 heterocycles. The molecule has 0 saturated carbocycles. The Balaban J connectivity index is 1.93. The molecule has 23 heavy (non-hydrogen) atoms. The fourth-order valence-corrected chi connectivity index (χ4v) is 2.49. The van der Waals surface area contributed by atoms with Crippen molar-refractivity contribution in [3.8, 4) is 11.4 Å². The zero-order valence-electron chi connectivity index (χ0n) is 13.2. The van der Waals surface area contributed by atoms with Gasteiger partial charge in [-0.3, -0.25) is 9.47 Å². The molecule has 0 unspecified atom stereocenters. The van der Waals surface area contributed by atoms with Crippen molar-refractivity contribution in [2.75, 3.05) is 0 Å². The summed E-state index contributed by atoms with van der Waals surface area (Å²) in [6, 6.07) is 9.63. The summed E-state index contributed by atoms with van der Waals surface area (Å²) < 4.78 is 7.19. The minimum absolute atomic E-state index is 0.248. The molecule has 2 aromatic rings. The second kappa shape index (κ2) is 5.70. The Morgan fingerprint density at radius 1 is 1.17 bits per heavy atom. The van der Waals surface area contributed by atoms with E-state index < -0.39 is 11.7 Å². The Hall–Kier alpha value is -2.34. The lowest BCUT2D eigenvalue weighted by Gasteiger charge is -2.28. The average Bonchev–Trinajstić information content (AvgIpc) is 2.91. The maximum atomic E-state index is 12.3. The molecule has 0 aliphatic carbocycles. The molecule has 120 valence electrons. The zero-order valence-corrected chi connectivity index (χ0v) is 13.9. The van der Waals surface area contributed by atoms with Crippen LogP contribution in [-0.2, 0) is 11.4 Å². The summed E-state index contributed by atoms with van der Waals surface area (Å²) in [6.45, 7) is 5.71. The van der Waals surface area contributed by atoms with Gasteiger partial charge >= 0.3 is 6.09 Å². The van der Waals surface area contributed by atoms with E-state index in [9.17, 15) is 4.79 Å². The van der Waals surface area contributed by atoms with Crippen molar-refractivity contribution in [2.45, 2.75) is 33.0 Å². The van der Waals surface area contributed by atoms with Crippen LogP contribution in [0.15, 0.2) is 36.5 Å². The van der Waals surface area contributed by atoms with Gasteiger partial charge in [0.15, 0.2) is 11.6 Å². The molecule has 1 aliphatic rings. The number of halogens is 1. The van der Waals surface area contributed by atoms with E-state index in [1.54, 1.807) is 4.57 Å². The Labute approximate surface area is 139 Å². The fourth-order valence-electron chi connectivity index (χ4n) is 2.23. The van der Waals surface area contributed by atoms with Crippen LogP contribution in [0.4, 0.5) is 4.79 Å². The number of ether oxygens (including phenoxy) is 1. The number of rotatable bonds is 1. The lowest BCUT2D eigenvalue weighted by Crippen LogP contribution is -2.36. The SMILES string of the molecule is CC(C)(C)OC(=O)N1C=C(Cl)c2nnc(-c3ccccc3)n2C1. The van der Waals surface area contributed by atoms with E-state index in [2.05, 4.69) is 10.2 Å². The molecule has 1 aliphatic heterocycles. The summed E-state index contributed by atoms with van der Waals surface area (Å²) in [7, 11) is 0. The summed E-state index contributed by atoms with van der Waals surface area (Å²) in [4.78, 5) is 13.7. The van der Waals surface area contributed by atoms with Crippen molar-refractivity contribution in [3.05, 3.63) is 42.4 Å². The fraction of sp³-hybridized carbons (Fsp3) is 0.312. The zero-order chi connectivity index (χ0) is 16.6. The molecular formula is C16H17ClN4O2. The minimum Gasteiger partial charge on any atom is -0.443 e. The van der Waals surface area contributed by atoms with Crippen molar-refractivity contribution in [1.82, 2.24) is 19.7 Å². The van der Waals surface area contributed by atoms with Crippen LogP contribution in [0.3, 0.4) is 0 Å². The third-order valence-corrected chi connectivity index (χ3v) is 3.45. The van der Waals surface area contributed by atoms with Gasteiger partial charge in [-0.2, -0.15) is 0 Å². The molecule has 0 spiro atoms. The van der Waals surface area contributed by atoms with Crippen molar-refractivity contribution >= 4 is 22.7 Å². The molecule has 0 atom stereocenters. The first-order valence-electron chi connectivity index (χ1n) is 7.21. The maximum Gasteiger partial charge on any atom is 0.415 e. The van der Waals surface area contributed by atoms with Gasteiger partial charge in [0.25, 0.3) is 0 Å². The molecule has 0 radical (unpaired) electrons. The highest BCUT2D eigenvalue weighted by atomic mass is 35.5. The number of carbonyl (C=O) groups is 1. The predicted molar refractivity (Wildman–Crippen MR) is 87.4 cm³/mol. The Morgan fingerprint density at radius 3 is 2.48 bits per heavy atom. The second-order valence-corrected chi connectivity index (χ2v) is 6.62. The molecule has 7 heteroatoms. The van der Waals surface area contributed by atoms with Gasteiger partial charge in [0.1, 0.15) is 17.3 Å². The van der Waals surface area contributed by atoms with Crippen molar-refractivity contribution < 1.29 is 9.53 Å². The number of amides is 1. The third-order valence-electron chi connectivity index (χ3n) is 3.19. The number of fused-ring (bicyclic) bond motifs is 1. The standard InChI is InChI=1S/C16H17ClN4O2/c1-16(2,3)23-15(22)20-9-12(17)14-19-18-13(21(14)10-20)11-7-5-4-6-8-11/h4-9H,10H2,1-3H3. The summed E-state index contributed by atoms with van der Waals surface area (Å²) in [5, 5.41) is 8.66. The highest BCUT2D eigenvalue weighted by molar-refractivity contribution is 6.48. The molecular weight excluding hydrogens is 316 g/mol. The van der Waals surface area contributed by atoms with Gasteiger partial charge in [-0.25, -0.2) is 4.79 Å². The third kappa shape index (κ3) is 3.22. The van der Waals surface area contributed by atoms with Crippen molar-refractivity contribution in [3.63, 3.8) is 0 Å². The highest BCUT2D eigenvalue weighted by Crippen LogP contribution is 2.29. The van der Waals surface area contributed by atoms with Gasteiger partial charge in [0.05, 0.1) is 0 Å². The topological polar surface area (TPSA) is 60.2 Å². The molecule has 0 fully saturated rings. The van der Waals surface area contributed by atoms with E-state index >= 15 is 0 Å². The van der Waals surface area contributed by atoms with Gasteiger partial charge in [-0.05, 0) is 20.8 Å². The minimum atomic E-state index is -0.576. The highest BCUT2D eigenvalue weighted by Gasteiger charge is 2.28. The summed E-state index contributed by atoms with van der Waals surface area (Å²) in [6.07, 6.45) is 1.06. The Kier molecular flexibility index (Phi) is 3.85. The van der Waals surface area contributed by atoms with Gasteiger partial charge in [0.2, 0.25) is 0 Å². The van der Waals surface area contributed by atoms with E-state index in [1.165, 1.54) is 11.1 Å². The summed E-state index contributed by atoms with van der Waals surface area (Å²) >= 11 is 6.25. The van der Waals surface area contributed by atoms with Crippen LogP contribution in [0.25, 0.3) is 16.4 Å². The van der Waals surface area contributed by atoms with Crippen LogP contribution in [0, 0.1) is 0 Å². The second-order valence-electron chi connectivity index (χ2n) is 6.21. The van der Waals surface area contributed by atoms with Crippen LogP contribution >= 0.6 is 11.6 Å². The van der Waals surface area contributed by atoms with Crippen LogP contribution in [0.5, 0.6) is 0 Å². The smallest absolute Gasteiger partial charge is 0.415 e. The lowest BCUT2D eigenvalue weighted by atomic mass is 10.2. The summed E-state index contributed by atoms with van der Waals surface area (Å²) in [5.41, 5.74) is 0.328. The van der Waals surface area contributed by atoms with E-state index in [1.807, 2.05) is 51.1 Å². The van der Waals surface area contributed by atoms with E-state index in [4.69, 9.17) is 16.3 Å². The first-order valence-corrected chi connectivity index (χ1v) is 7.59. The molecule has 1 aromatic carbocycles. The number of hydrogen-bond donors (Lipinski definition) is 0. The van der Waals surface area contributed by atoms with Crippen LogP contribution in [0.1, 0.15) is 26.6 Å². The predicted octanol–water partition coefficient (Wildman–Crippen LogP) is 3.69. The van der Waals surface area contributed by atoms with Gasteiger partial charge in [-0.15, -0.1) is 10.2 Å². The first kappa shape index (κ1) is 15.6. The number of aromatic nitrogens is 3.